The highest BCUT2D eigenvalue weighted by molar-refractivity contribution is 5.77. The lowest BCUT2D eigenvalue weighted by atomic mass is 10.0. The van der Waals surface area contributed by atoms with Crippen molar-refractivity contribution in [3.8, 4) is 0 Å². The van der Waals surface area contributed by atoms with E-state index in [0.717, 1.165) is 25.9 Å². The van der Waals surface area contributed by atoms with Crippen LogP contribution in [0.3, 0.4) is 0 Å². The number of hydrogen-bond donors (Lipinski definition) is 1. The SMILES string of the molecule is CNC1CCN(C(=O)CCCn2c(=O)oc3cc([N+](=O)[O-])ccc32)CC1. The van der Waals surface area contributed by atoms with Crippen LogP contribution in [-0.4, -0.2) is 46.5 Å². The molecule has 0 bridgehead atoms. The predicted molar refractivity (Wildman–Crippen MR) is 95.0 cm³/mol. The molecule has 9 heteroatoms. The number of non-ortho nitro benzene ring substituents is 1. The van der Waals surface area contributed by atoms with Crippen molar-refractivity contribution in [2.75, 3.05) is 20.1 Å². The van der Waals surface area contributed by atoms with Crippen LogP contribution in [0.5, 0.6) is 0 Å². The van der Waals surface area contributed by atoms with Crippen molar-refractivity contribution in [2.45, 2.75) is 38.3 Å². The third-order valence-electron chi connectivity index (χ3n) is 4.89. The topological polar surface area (TPSA) is 111 Å². The van der Waals surface area contributed by atoms with Gasteiger partial charge in [0.05, 0.1) is 16.5 Å². The number of nitro groups is 1. The van der Waals surface area contributed by atoms with E-state index in [1.807, 2.05) is 11.9 Å². The lowest BCUT2D eigenvalue weighted by Gasteiger charge is -2.31. The summed E-state index contributed by atoms with van der Waals surface area (Å²) in [5.74, 6) is -0.473. The summed E-state index contributed by atoms with van der Waals surface area (Å²) in [6, 6.07) is 4.55. The number of rotatable bonds is 6. The van der Waals surface area contributed by atoms with Gasteiger partial charge in [-0.3, -0.25) is 19.5 Å². The lowest BCUT2D eigenvalue weighted by Crippen LogP contribution is -2.43. The molecular formula is C17H22N4O5. The van der Waals surface area contributed by atoms with Gasteiger partial charge in [0.25, 0.3) is 5.69 Å². The van der Waals surface area contributed by atoms with Crippen molar-refractivity contribution in [3.05, 3.63) is 38.9 Å². The number of carbonyl (C=O) groups excluding carboxylic acids is 1. The molecule has 2 aromatic rings. The van der Waals surface area contributed by atoms with E-state index < -0.39 is 10.7 Å². The van der Waals surface area contributed by atoms with Crippen LogP contribution in [0.15, 0.2) is 27.4 Å². The number of piperidine rings is 1. The number of aromatic nitrogens is 1. The molecule has 1 amide bonds. The van der Waals surface area contributed by atoms with Gasteiger partial charge >= 0.3 is 5.76 Å². The van der Waals surface area contributed by atoms with Crippen LogP contribution in [-0.2, 0) is 11.3 Å². The Balaban J connectivity index is 1.60. The Kier molecular flexibility index (Phi) is 5.36. The molecule has 1 fully saturated rings. The quantitative estimate of drug-likeness (QED) is 0.616. The van der Waals surface area contributed by atoms with Crippen LogP contribution in [0.2, 0.25) is 0 Å². The van der Waals surface area contributed by atoms with Gasteiger partial charge in [-0.1, -0.05) is 0 Å². The summed E-state index contributed by atoms with van der Waals surface area (Å²) < 4.78 is 6.50. The Bertz CT molecular complexity index is 864. The van der Waals surface area contributed by atoms with E-state index in [2.05, 4.69) is 5.32 Å². The fourth-order valence-corrected chi connectivity index (χ4v) is 3.34. The molecule has 0 unspecified atom stereocenters. The summed E-state index contributed by atoms with van der Waals surface area (Å²) in [6.45, 7) is 1.84. The van der Waals surface area contributed by atoms with Crippen LogP contribution in [0.1, 0.15) is 25.7 Å². The maximum atomic E-state index is 12.3. The highest BCUT2D eigenvalue weighted by Gasteiger charge is 2.21. The molecule has 0 spiro atoms. The largest absolute Gasteiger partial charge is 0.419 e. The van der Waals surface area contributed by atoms with Crippen molar-refractivity contribution < 1.29 is 14.1 Å². The van der Waals surface area contributed by atoms with Crippen LogP contribution < -0.4 is 11.1 Å². The van der Waals surface area contributed by atoms with Gasteiger partial charge in [-0.25, -0.2) is 4.79 Å². The second kappa shape index (κ2) is 7.69. The molecule has 1 aromatic carbocycles. The number of nitrogens with one attached hydrogen (secondary N) is 1. The molecule has 140 valence electrons. The second-order valence-corrected chi connectivity index (χ2v) is 6.48. The van der Waals surface area contributed by atoms with E-state index in [-0.39, 0.29) is 17.2 Å². The van der Waals surface area contributed by atoms with Crippen molar-refractivity contribution in [1.29, 1.82) is 0 Å². The number of nitro benzene ring substituents is 1. The number of fused-ring (bicyclic) bond motifs is 1. The number of nitrogens with zero attached hydrogens (tertiary/aromatic N) is 3. The smallest absolute Gasteiger partial charge is 0.407 e. The number of carbonyl (C=O) groups is 1. The summed E-state index contributed by atoms with van der Waals surface area (Å²) in [4.78, 5) is 36.4. The van der Waals surface area contributed by atoms with E-state index >= 15 is 0 Å². The van der Waals surface area contributed by atoms with Gasteiger partial charge in [-0.05, 0) is 32.4 Å². The number of aryl methyl sites for hydroxylation is 1. The molecule has 1 aliphatic rings. The summed E-state index contributed by atoms with van der Waals surface area (Å²) in [7, 11) is 1.93. The summed E-state index contributed by atoms with van der Waals surface area (Å²) in [6.07, 6.45) is 2.77. The van der Waals surface area contributed by atoms with Gasteiger partial charge in [0.15, 0.2) is 5.58 Å². The van der Waals surface area contributed by atoms with Crippen molar-refractivity contribution in [1.82, 2.24) is 14.8 Å². The number of amides is 1. The van der Waals surface area contributed by atoms with Gasteiger partial charge in [-0.15, -0.1) is 0 Å². The normalized spacial score (nSPS) is 15.5. The second-order valence-electron chi connectivity index (χ2n) is 6.48. The molecule has 3 rings (SSSR count). The third-order valence-corrected chi connectivity index (χ3v) is 4.89. The Morgan fingerprint density at radius 1 is 1.38 bits per heavy atom. The maximum absolute atomic E-state index is 12.3. The average Bonchev–Trinajstić information content (AvgIpc) is 2.96. The van der Waals surface area contributed by atoms with Gasteiger partial charge in [0.1, 0.15) is 0 Å². The Morgan fingerprint density at radius 3 is 2.77 bits per heavy atom. The number of oxazole rings is 1. The van der Waals surface area contributed by atoms with Crippen molar-refractivity contribution in [3.63, 3.8) is 0 Å². The Morgan fingerprint density at radius 2 is 2.12 bits per heavy atom. The van der Waals surface area contributed by atoms with Crippen LogP contribution in [0.4, 0.5) is 5.69 Å². The molecule has 9 nitrogen and oxygen atoms in total. The van der Waals surface area contributed by atoms with Crippen molar-refractivity contribution >= 4 is 22.7 Å². The predicted octanol–water partition coefficient (Wildman–Crippen LogP) is 1.49. The molecular weight excluding hydrogens is 340 g/mol. The third kappa shape index (κ3) is 3.77. The van der Waals surface area contributed by atoms with Gasteiger partial charge in [-0.2, -0.15) is 0 Å². The average molecular weight is 362 g/mol. The summed E-state index contributed by atoms with van der Waals surface area (Å²) in [5.41, 5.74) is 0.561. The minimum atomic E-state index is -0.567. The fraction of sp³-hybridized carbons (Fsp3) is 0.529. The molecule has 0 aliphatic carbocycles. The zero-order valence-corrected chi connectivity index (χ0v) is 14.6. The summed E-state index contributed by atoms with van der Waals surface area (Å²) >= 11 is 0. The van der Waals surface area contributed by atoms with Gasteiger partial charge in [0, 0.05) is 38.2 Å². The molecule has 2 heterocycles. The Hall–Kier alpha value is -2.68. The number of hydrogen-bond acceptors (Lipinski definition) is 6. The lowest BCUT2D eigenvalue weighted by molar-refractivity contribution is -0.384. The van der Waals surface area contributed by atoms with Gasteiger partial charge < -0.3 is 14.6 Å². The minimum Gasteiger partial charge on any atom is -0.407 e. The molecule has 1 aromatic heterocycles. The van der Waals surface area contributed by atoms with E-state index in [0.29, 0.717) is 30.9 Å². The molecule has 0 radical (unpaired) electrons. The molecule has 0 saturated carbocycles. The summed E-state index contributed by atoms with van der Waals surface area (Å²) in [5, 5.41) is 14.0. The molecule has 1 aliphatic heterocycles. The zero-order chi connectivity index (χ0) is 18.7. The monoisotopic (exact) mass is 362 g/mol. The standard InChI is InChI=1S/C17H22N4O5/c1-18-12-6-9-19(10-7-12)16(22)3-2-8-20-14-5-4-13(21(24)25)11-15(14)26-17(20)23/h4-5,11-12,18H,2-3,6-10H2,1H3. The van der Waals surface area contributed by atoms with E-state index in [1.54, 1.807) is 0 Å². The number of likely N-dealkylation sites (tertiary alicyclic amines) is 1. The van der Waals surface area contributed by atoms with Gasteiger partial charge in [0.2, 0.25) is 5.91 Å². The van der Waals surface area contributed by atoms with Crippen LogP contribution in [0, 0.1) is 10.1 Å². The van der Waals surface area contributed by atoms with E-state index in [1.165, 1.54) is 22.8 Å². The van der Waals surface area contributed by atoms with Crippen LogP contribution >= 0.6 is 0 Å². The van der Waals surface area contributed by atoms with E-state index in [4.69, 9.17) is 4.42 Å². The first-order valence-electron chi connectivity index (χ1n) is 8.72. The first-order valence-corrected chi connectivity index (χ1v) is 8.72. The fourth-order valence-electron chi connectivity index (χ4n) is 3.34. The zero-order valence-electron chi connectivity index (χ0n) is 14.6. The van der Waals surface area contributed by atoms with E-state index in [9.17, 15) is 19.7 Å². The molecule has 0 atom stereocenters. The Labute approximate surface area is 149 Å². The molecule has 26 heavy (non-hydrogen) atoms. The van der Waals surface area contributed by atoms with Crippen molar-refractivity contribution in [2.24, 2.45) is 0 Å². The first-order chi connectivity index (χ1) is 12.5. The number of benzene rings is 1. The minimum absolute atomic E-state index is 0.0936. The van der Waals surface area contributed by atoms with Crippen LogP contribution in [0.25, 0.3) is 11.1 Å². The maximum Gasteiger partial charge on any atom is 0.419 e. The molecule has 1 N–H and O–H groups in total. The highest BCUT2D eigenvalue weighted by Crippen LogP contribution is 2.20. The highest BCUT2D eigenvalue weighted by atomic mass is 16.6. The molecule has 1 saturated heterocycles. The first kappa shape index (κ1) is 18.1.